The van der Waals surface area contributed by atoms with Crippen LogP contribution in [0.1, 0.15) is 13.8 Å². The van der Waals surface area contributed by atoms with Crippen LogP contribution < -0.4 is 0 Å². The van der Waals surface area contributed by atoms with Gasteiger partial charge in [0.2, 0.25) is 0 Å². The third-order valence-electron chi connectivity index (χ3n) is 1.89. The molecule has 76 valence electrons. The van der Waals surface area contributed by atoms with Crippen molar-refractivity contribution in [1.29, 1.82) is 0 Å². The van der Waals surface area contributed by atoms with Crippen molar-refractivity contribution in [3.05, 3.63) is 0 Å². The number of halogens is 1. The summed E-state index contributed by atoms with van der Waals surface area (Å²) in [4.78, 5) is 10.9. The number of alkyl halides is 1. The van der Waals surface area contributed by atoms with Gasteiger partial charge < -0.3 is 9.47 Å². The summed E-state index contributed by atoms with van der Waals surface area (Å²) in [5, 5.41) is 0.621. The highest BCUT2D eigenvalue weighted by Gasteiger charge is 2.27. The van der Waals surface area contributed by atoms with E-state index >= 15 is 0 Å². The van der Waals surface area contributed by atoms with Crippen molar-refractivity contribution in [2.24, 2.45) is 0 Å². The summed E-state index contributed by atoms with van der Waals surface area (Å²) in [6.07, 6.45) is 0.240. The Morgan fingerprint density at radius 2 is 2.38 bits per heavy atom. The SMILES string of the molecule is CC1OCC(OC(=O)CBr)SC1C. The predicted molar refractivity (Wildman–Crippen MR) is 56.1 cm³/mol. The summed E-state index contributed by atoms with van der Waals surface area (Å²) in [5.74, 6) is -0.233. The molecule has 0 aromatic heterocycles. The molecule has 0 radical (unpaired) electrons. The molecule has 0 aliphatic carbocycles. The lowest BCUT2D eigenvalue weighted by Crippen LogP contribution is -2.35. The first-order valence-corrected chi connectivity index (χ1v) is 6.22. The average molecular weight is 269 g/mol. The summed E-state index contributed by atoms with van der Waals surface area (Å²) >= 11 is 4.69. The minimum absolute atomic E-state index is 0.142. The zero-order valence-corrected chi connectivity index (χ0v) is 10.1. The Balaban J connectivity index is 2.33. The molecule has 3 atom stereocenters. The standard InChI is InChI=1S/C8H13BrO3S/c1-5-6(2)13-8(4-11-5)12-7(10)3-9/h5-6,8H,3-4H2,1-2H3. The second-order valence-corrected chi connectivity index (χ2v) is 5.03. The van der Waals surface area contributed by atoms with E-state index < -0.39 is 0 Å². The summed E-state index contributed by atoms with van der Waals surface area (Å²) < 4.78 is 10.5. The number of rotatable bonds is 2. The van der Waals surface area contributed by atoms with E-state index in [-0.39, 0.29) is 22.8 Å². The van der Waals surface area contributed by atoms with Crippen molar-refractivity contribution in [3.63, 3.8) is 0 Å². The van der Waals surface area contributed by atoms with Gasteiger partial charge in [-0.15, -0.1) is 11.8 Å². The Morgan fingerprint density at radius 1 is 1.69 bits per heavy atom. The molecule has 1 heterocycles. The van der Waals surface area contributed by atoms with Crippen LogP contribution in [0.4, 0.5) is 0 Å². The lowest BCUT2D eigenvalue weighted by Gasteiger charge is -2.31. The average Bonchev–Trinajstić information content (AvgIpc) is 2.11. The van der Waals surface area contributed by atoms with E-state index in [2.05, 4.69) is 22.9 Å². The normalized spacial score (nSPS) is 34.2. The van der Waals surface area contributed by atoms with E-state index in [1.165, 1.54) is 0 Å². The van der Waals surface area contributed by atoms with E-state index in [0.29, 0.717) is 11.9 Å². The molecule has 1 saturated heterocycles. The maximum atomic E-state index is 10.9. The van der Waals surface area contributed by atoms with Gasteiger partial charge in [-0.3, -0.25) is 4.79 Å². The zero-order chi connectivity index (χ0) is 9.84. The van der Waals surface area contributed by atoms with E-state index in [1.54, 1.807) is 11.8 Å². The van der Waals surface area contributed by atoms with Gasteiger partial charge in [-0.05, 0) is 6.92 Å². The van der Waals surface area contributed by atoms with Gasteiger partial charge in [0.15, 0.2) is 5.44 Å². The topological polar surface area (TPSA) is 35.5 Å². The molecule has 1 rings (SSSR count). The molecule has 1 fully saturated rings. The molecule has 13 heavy (non-hydrogen) atoms. The van der Waals surface area contributed by atoms with E-state index in [0.717, 1.165) is 0 Å². The Morgan fingerprint density at radius 3 is 2.92 bits per heavy atom. The maximum absolute atomic E-state index is 10.9. The third kappa shape index (κ3) is 3.48. The highest BCUT2D eigenvalue weighted by molar-refractivity contribution is 9.09. The van der Waals surface area contributed by atoms with Gasteiger partial charge >= 0.3 is 5.97 Å². The lowest BCUT2D eigenvalue weighted by atomic mass is 10.3. The molecule has 0 aromatic carbocycles. The number of esters is 1. The second kappa shape index (κ2) is 5.22. The number of ether oxygens (including phenoxy) is 2. The Labute approximate surface area is 90.7 Å². The first-order valence-electron chi connectivity index (χ1n) is 4.16. The summed E-state index contributed by atoms with van der Waals surface area (Å²) in [6.45, 7) is 4.60. The minimum atomic E-state index is -0.233. The van der Waals surface area contributed by atoms with Gasteiger partial charge in [0, 0.05) is 5.25 Å². The van der Waals surface area contributed by atoms with Crippen molar-refractivity contribution < 1.29 is 14.3 Å². The number of hydrogen-bond acceptors (Lipinski definition) is 4. The number of carbonyl (C=O) groups is 1. The molecule has 3 nitrogen and oxygen atoms in total. The van der Waals surface area contributed by atoms with Gasteiger partial charge in [0.05, 0.1) is 12.7 Å². The van der Waals surface area contributed by atoms with Crippen LogP contribution in [0.5, 0.6) is 0 Å². The van der Waals surface area contributed by atoms with E-state index in [4.69, 9.17) is 9.47 Å². The fourth-order valence-electron chi connectivity index (χ4n) is 0.995. The zero-order valence-electron chi connectivity index (χ0n) is 7.66. The number of carbonyl (C=O) groups excluding carboxylic acids is 1. The van der Waals surface area contributed by atoms with Gasteiger partial charge in [-0.1, -0.05) is 22.9 Å². The van der Waals surface area contributed by atoms with Crippen molar-refractivity contribution in [1.82, 2.24) is 0 Å². The summed E-state index contributed by atoms with van der Waals surface area (Å²) in [7, 11) is 0. The molecular weight excluding hydrogens is 256 g/mol. The Kier molecular flexibility index (Phi) is 4.55. The first-order chi connectivity index (χ1) is 6.13. The van der Waals surface area contributed by atoms with Crippen molar-refractivity contribution in [3.8, 4) is 0 Å². The lowest BCUT2D eigenvalue weighted by molar-refractivity contribution is -0.145. The minimum Gasteiger partial charge on any atom is -0.448 e. The quantitative estimate of drug-likeness (QED) is 0.565. The molecule has 1 aliphatic rings. The molecular formula is C8H13BrO3S. The highest BCUT2D eigenvalue weighted by atomic mass is 79.9. The molecule has 3 unspecified atom stereocenters. The summed E-state index contributed by atoms with van der Waals surface area (Å²) in [6, 6.07) is 0. The van der Waals surface area contributed by atoms with Gasteiger partial charge in [-0.25, -0.2) is 0 Å². The number of hydrogen-bond donors (Lipinski definition) is 0. The second-order valence-electron chi connectivity index (χ2n) is 2.93. The number of thioether (sulfide) groups is 1. The van der Waals surface area contributed by atoms with Crippen LogP contribution in [0.3, 0.4) is 0 Å². The highest BCUT2D eigenvalue weighted by Crippen LogP contribution is 2.28. The van der Waals surface area contributed by atoms with Crippen molar-refractivity contribution >= 4 is 33.7 Å². The molecule has 0 amide bonds. The van der Waals surface area contributed by atoms with E-state index in [9.17, 15) is 4.79 Å². The molecule has 1 aliphatic heterocycles. The van der Waals surface area contributed by atoms with Gasteiger partial charge in [0.1, 0.15) is 5.33 Å². The monoisotopic (exact) mass is 268 g/mol. The summed E-state index contributed by atoms with van der Waals surface area (Å²) in [5.41, 5.74) is -0.142. The smallest absolute Gasteiger partial charge is 0.317 e. The fraction of sp³-hybridized carbons (Fsp3) is 0.875. The van der Waals surface area contributed by atoms with Crippen molar-refractivity contribution in [2.75, 3.05) is 11.9 Å². The van der Waals surface area contributed by atoms with Crippen LogP contribution in [-0.4, -0.2) is 34.7 Å². The van der Waals surface area contributed by atoms with Crippen LogP contribution in [-0.2, 0) is 14.3 Å². The van der Waals surface area contributed by atoms with Crippen LogP contribution in [0.2, 0.25) is 0 Å². The Bertz CT molecular complexity index is 188. The molecule has 0 N–H and O–H groups in total. The van der Waals surface area contributed by atoms with Crippen LogP contribution in [0, 0.1) is 0 Å². The first kappa shape index (κ1) is 11.3. The molecule has 0 aromatic rings. The predicted octanol–water partition coefficient (Wildman–Crippen LogP) is 1.79. The van der Waals surface area contributed by atoms with Crippen LogP contribution in [0.15, 0.2) is 0 Å². The van der Waals surface area contributed by atoms with Crippen LogP contribution in [0.25, 0.3) is 0 Å². The Hall–Kier alpha value is 0.260. The molecule has 0 spiro atoms. The molecule has 0 saturated carbocycles. The van der Waals surface area contributed by atoms with Crippen LogP contribution >= 0.6 is 27.7 Å². The van der Waals surface area contributed by atoms with Gasteiger partial charge in [-0.2, -0.15) is 0 Å². The molecule has 0 bridgehead atoms. The molecule has 5 heteroatoms. The maximum Gasteiger partial charge on any atom is 0.317 e. The van der Waals surface area contributed by atoms with Crippen molar-refractivity contribution in [2.45, 2.75) is 30.6 Å². The fourth-order valence-corrected chi connectivity index (χ4v) is 2.23. The third-order valence-corrected chi connectivity index (χ3v) is 3.70. The largest absolute Gasteiger partial charge is 0.448 e. The van der Waals surface area contributed by atoms with E-state index in [1.807, 2.05) is 6.92 Å². The van der Waals surface area contributed by atoms with Gasteiger partial charge in [0.25, 0.3) is 0 Å².